The van der Waals surface area contributed by atoms with Gasteiger partial charge < -0.3 is 30.3 Å². The van der Waals surface area contributed by atoms with Crippen molar-refractivity contribution >= 4 is 103 Å². The van der Waals surface area contributed by atoms with Gasteiger partial charge in [-0.1, -0.05) is 236 Å². The number of hydrogen-bond donors (Lipinski definition) is 5. The first-order chi connectivity index (χ1) is 68.4. The summed E-state index contributed by atoms with van der Waals surface area (Å²) in [7, 11) is -17.6. The minimum atomic E-state index is -3.93. The van der Waals surface area contributed by atoms with Crippen LogP contribution in [0.4, 0.5) is 4.39 Å². The summed E-state index contributed by atoms with van der Waals surface area (Å²) < 4.78 is 158. The topological polar surface area (TPSA) is 383 Å². The number of benzene rings is 15. The summed E-state index contributed by atoms with van der Waals surface area (Å²) in [5.41, 5.74) is 9.54. The van der Waals surface area contributed by atoms with Crippen molar-refractivity contribution in [1.29, 1.82) is 0 Å². The molecule has 26 nitrogen and oxygen atoms in total. The molecule has 15 aromatic carbocycles. The number of carboxylic acids is 5. The van der Waals surface area contributed by atoms with Gasteiger partial charge in [-0.25, -0.2) is 70.5 Å². The Morgan fingerprint density at radius 3 is 0.811 bits per heavy atom. The summed E-state index contributed by atoms with van der Waals surface area (Å²) >= 11 is 7.55. The lowest BCUT2D eigenvalue weighted by molar-refractivity contribution is 0.0686. The minimum Gasteiger partial charge on any atom is -0.497 e. The van der Waals surface area contributed by atoms with Crippen LogP contribution >= 0.6 is 23.4 Å². The Morgan fingerprint density at radius 1 is 0.287 bits per heavy atom. The first kappa shape index (κ1) is 109. The highest BCUT2D eigenvalue weighted by Gasteiger charge is 2.32. The molecule has 0 aliphatic rings. The first-order valence-electron chi connectivity index (χ1n) is 44.1. The van der Waals surface area contributed by atoms with Gasteiger partial charge in [0.05, 0.1) is 59.4 Å². The molecule has 0 spiro atoms. The lowest BCUT2D eigenvalue weighted by Gasteiger charge is -2.23. The highest BCUT2D eigenvalue weighted by molar-refractivity contribution is 7.98. The number of halogens is 2. The quantitative estimate of drug-likeness (QED) is 0.0224. The van der Waals surface area contributed by atoms with E-state index < -0.39 is 85.8 Å². The Kier molecular flexibility index (Phi) is 39.5. The Bertz CT molecular complexity index is 7390. The van der Waals surface area contributed by atoms with Crippen molar-refractivity contribution < 1.29 is 101 Å². The van der Waals surface area contributed by atoms with Gasteiger partial charge in [-0.05, 0) is 251 Å². The molecule has 34 heteroatoms. The van der Waals surface area contributed by atoms with E-state index in [2.05, 4.69) is 0 Å². The molecule has 0 heterocycles. The van der Waals surface area contributed by atoms with E-state index in [0.717, 1.165) is 66.3 Å². The maximum absolute atomic E-state index is 13.6. The van der Waals surface area contributed by atoms with Crippen LogP contribution < -0.4 is 4.74 Å². The second-order valence-corrected chi connectivity index (χ2v) is 43.1. The van der Waals surface area contributed by atoms with Crippen molar-refractivity contribution in [3.8, 4) is 5.75 Å². The van der Waals surface area contributed by atoms with E-state index in [1.807, 2.05) is 238 Å². The van der Waals surface area contributed by atoms with Crippen molar-refractivity contribution in [2.75, 3.05) is 19.9 Å². The second-order valence-electron chi connectivity index (χ2n) is 32.1. The van der Waals surface area contributed by atoms with Crippen LogP contribution in [0, 0.1) is 12.7 Å². The standard InChI is InChI=1S/C23H23NO5S.C22H21NO4S2.C22H21NO4S.C21H18ClNO4S.C21H18FNO4S/c1-29-21-11-7-18(8-12-21)15-16-24(17-19-5-3-2-4-6-19)30(27,28)22-13-9-20(10-14-22)23(25)26;1-28-20-11-7-18(8-12-20)16-23(15-17-5-3-2-4-6-17)29(26,27)21-13-9-19(10-14-21)22(24)25;1-17-7-5-6-10-20(17)16-23(15-18-8-3-2-4-9-18)28(26,27)21-13-11-19(12-14-21)22(24)25;22-19-10-6-17(7-11-19)15-23(14-16-4-2-1-3-5-16)28(26,27)20-12-8-18(9-13-20)21(24)25;22-19-8-4-7-17(13-19)15-23(14-16-5-2-1-3-6-16)28(26,27)20-11-9-18(10-12-20)21(24)25/h2-14H,15-17H2,1H3,(H,25,26);2-14H,15-16H2,1H3,(H,24,25);2-14H,15-16H2,1H3,(H,24,25);2*1-13H,14-15H2,(H,24,25). The van der Waals surface area contributed by atoms with Gasteiger partial charge in [-0.3, -0.25) is 0 Å². The molecule has 0 bridgehead atoms. The average Bonchev–Trinajstić information content (AvgIpc) is 0.807. The third-order valence-electron chi connectivity index (χ3n) is 22.2. The number of methoxy groups -OCH3 is 1. The van der Waals surface area contributed by atoms with Crippen LogP contribution in [0.5, 0.6) is 5.75 Å². The maximum Gasteiger partial charge on any atom is 0.335 e. The van der Waals surface area contributed by atoms with Crippen LogP contribution in [0.25, 0.3) is 0 Å². The molecule has 738 valence electrons. The Labute approximate surface area is 840 Å². The third-order valence-corrected chi connectivity index (χ3v) is 32.2. The molecule has 0 saturated carbocycles. The molecule has 0 aromatic heterocycles. The first-order valence-corrected chi connectivity index (χ1v) is 52.9. The number of ether oxygens (including phenoxy) is 1. The molecular formula is C109H101ClFN5O21S6. The molecule has 0 aliphatic carbocycles. The van der Waals surface area contributed by atoms with E-state index in [1.54, 1.807) is 49.2 Å². The van der Waals surface area contributed by atoms with Crippen molar-refractivity contribution in [2.45, 2.75) is 102 Å². The maximum atomic E-state index is 13.6. The highest BCUT2D eigenvalue weighted by Crippen LogP contribution is 2.31. The number of sulfonamides is 5. The van der Waals surface area contributed by atoms with E-state index in [1.165, 1.54) is 161 Å². The van der Waals surface area contributed by atoms with E-state index in [-0.39, 0.29) is 118 Å². The zero-order valence-electron chi connectivity index (χ0n) is 77.5. The predicted octanol–water partition coefficient (Wildman–Crippen LogP) is 20.8. The molecular weight excluding hydrogens is 1960 g/mol. The summed E-state index contributed by atoms with van der Waals surface area (Å²) in [5, 5.41) is 45.8. The lowest BCUT2D eigenvalue weighted by atomic mass is 10.1. The molecule has 0 amide bonds. The molecule has 0 fully saturated rings. The van der Waals surface area contributed by atoms with Crippen molar-refractivity contribution in [1.82, 2.24) is 21.5 Å². The van der Waals surface area contributed by atoms with Crippen LogP contribution in [0.2, 0.25) is 5.02 Å². The highest BCUT2D eigenvalue weighted by atomic mass is 35.5. The summed E-state index contributed by atoms with van der Waals surface area (Å²) in [5.74, 6) is -5.23. The van der Waals surface area contributed by atoms with E-state index in [9.17, 15) is 70.5 Å². The van der Waals surface area contributed by atoms with Crippen molar-refractivity contribution in [3.05, 3.63) is 494 Å². The monoisotopic (exact) mass is 2060 g/mol. The Hall–Kier alpha value is -14.4. The van der Waals surface area contributed by atoms with Gasteiger partial charge in [0.2, 0.25) is 50.1 Å². The van der Waals surface area contributed by atoms with E-state index in [4.69, 9.17) is 41.9 Å². The third kappa shape index (κ3) is 31.8. The fourth-order valence-corrected chi connectivity index (χ4v) is 21.9. The number of hydrogen-bond acceptors (Lipinski definition) is 17. The summed E-state index contributed by atoms with van der Waals surface area (Å²) in [6.45, 7) is 3.76. The fraction of sp³-hybridized carbons (Fsp3) is 0.128. The molecule has 0 aliphatic heterocycles. The predicted molar refractivity (Wildman–Crippen MR) is 546 cm³/mol. The number of aryl methyl sites for hydroxylation is 1. The molecule has 15 aromatic rings. The van der Waals surface area contributed by atoms with E-state index in [0.29, 0.717) is 17.0 Å². The number of carbonyl (C=O) groups is 5. The second kappa shape index (κ2) is 51.8. The average molecular weight is 2060 g/mol. The minimum absolute atomic E-state index is 0.00121. The SMILES string of the molecule is COc1ccc(CCN(Cc2ccccc2)S(=O)(=O)c2ccc(C(=O)O)cc2)cc1.CSc1ccc(CN(Cc2ccccc2)S(=O)(=O)c2ccc(C(=O)O)cc2)cc1.Cc1ccccc1CN(Cc1ccccc1)S(=O)(=O)c1ccc(C(=O)O)cc1.O=C(O)c1ccc(S(=O)(=O)N(Cc2ccccc2)Cc2ccc(Cl)cc2)cc1.O=C(O)c1ccc(S(=O)(=O)N(Cc2ccccc2)Cc2cccc(F)c2)cc1. The van der Waals surface area contributed by atoms with Crippen LogP contribution in [0.3, 0.4) is 0 Å². The molecule has 5 N–H and O–H groups in total. The van der Waals surface area contributed by atoms with Gasteiger partial charge in [0.1, 0.15) is 11.6 Å². The smallest absolute Gasteiger partial charge is 0.335 e. The molecule has 0 atom stereocenters. The number of aromatic carboxylic acids is 5. The normalized spacial score (nSPS) is 11.5. The number of nitrogens with zero attached hydrogens (tertiary/aromatic N) is 5. The van der Waals surface area contributed by atoms with Gasteiger partial charge in [-0.15, -0.1) is 11.8 Å². The van der Waals surface area contributed by atoms with Gasteiger partial charge in [-0.2, -0.15) is 21.5 Å². The van der Waals surface area contributed by atoms with Crippen LogP contribution in [-0.2, 0) is 115 Å². The summed E-state index contributed by atoms with van der Waals surface area (Å²) in [6, 6.07) is 108. The Morgan fingerprint density at radius 2 is 0.531 bits per heavy atom. The van der Waals surface area contributed by atoms with Crippen molar-refractivity contribution in [3.63, 3.8) is 0 Å². The van der Waals surface area contributed by atoms with Crippen molar-refractivity contribution in [2.24, 2.45) is 0 Å². The summed E-state index contributed by atoms with van der Waals surface area (Å²) in [6.07, 6.45) is 2.52. The van der Waals surface area contributed by atoms with E-state index >= 15 is 0 Å². The zero-order chi connectivity index (χ0) is 103. The van der Waals surface area contributed by atoms with Gasteiger partial charge in [0.15, 0.2) is 0 Å². The molecule has 15 rings (SSSR count). The molecule has 0 radical (unpaired) electrons. The molecule has 0 saturated heterocycles. The number of carboxylic acid groups (broad SMARTS) is 5. The summed E-state index contributed by atoms with van der Waals surface area (Å²) in [4.78, 5) is 56.6. The van der Waals surface area contributed by atoms with Gasteiger partial charge in [0.25, 0.3) is 0 Å². The van der Waals surface area contributed by atoms with Crippen LogP contribution in [0.15, 0.2) is 424 Å². The largest absolute Gasteiger partial charge is 0.497 e. The number of thioether (sulfide) groups is 1. The fourth-order valence-electron chi connectivity index (χ4n) is 14.3. The van der Waals surface area contributed by atoms with Crippen LogP contribution in [0.1, 0.15) is 113 Å². The zero-order valence-corrected chi connectivity index (χ0v) is 83.2. The molecule has 0 unspecified atom stereocenters. The Balaban J connectivity index is 0.000000171. The van der Waals surface area contributed by atoms with Gasteiger partial charge >= 0.3 is 29.8 Å². The number of rotatable bonds is 38. The van der Waals surface area contributed by atoms with Crippen LogP contribution in [-0.4, -0.2) is 139 Å². The lowest BCUT2D eigenvalue weighted by Crippen LogP contribution is -2.32. The van der Waals surface area contributed by atoms with Gasteiger partial charge in [0, 0.05) is 75.4 Å². The molecule has 143 heavy (non-hydrogen) atoms.